The zero-order chi connectivity index (χ0) is 15.0. The predicted molar refractivity (Wildman–Crippen MR) is 79.3 cm³/mol. The molecule has 1 spiro atoms. The first-order chi connectivity index (χ1) is 9.16. The summed E-state index contributed by atoms with van der Waals surface area (Å²) in [6, 6.07) is 0. The molecule has 0 saturated heterocycles. The Kier molecular flexibility index (Phi) is 4.21. The van der Waals surface area contributed by atoms with E-state index in [2.05, 4.69) is 0 Å². The lowest BCUT2D eigenvalue weighted by Crippen LogP contribution is -2.47. The van der Waals surface area contributed by atoms with Crippen LogP contribution in [0.3, 0.4) is 0 Å². The molecule has 2 aliphatic rings. The minimum absolute atomic E-state index is 0.262. The molecule has 0 radical (unpaired) electrons. The molecule has 2 aliphatic carbocycles. The van der Waals surface area contributed by atoms with Crippen LogP contribution in [0, 0.1) is 11.3 Å². The van der Waals surface area contributed by atoms with Crippen molar-refractivity contribution in [2.45, 2.75) is 90.3 Å². The largest absolute Gasteiger partial charge is 0.460 e. The molecular weight excluding hydrogens is 252 g/mol. The molecule has 2 fully saturated rings. The molecule has 2 saturated carbocycles. The van der Waals surface area contributed by atoms with Crippen molar-refractivity contribution in [1.82, 2.24) is 0 Å². The van der Waals surface area contributed by atoms with E-state index in [1.807, 2.05) is 27.7 Å². The fourth-order valence-electron chi connectivity index (χ4n) is 3.88. The third-order valence-electron chi connectivity index (χ3n) is 5.41. The van der Waals surface area contributed by atoms with Gasteiger partial charge in [0.25, 0.3) is 0 Å². The van der Waals surface area contributed by atoms with Gasteiger partial charge >= 0.3 is 5.97 Å². The van der Waals surface area contributed by atoms with E-state index < -0.39 is 17.1 Å². The molecule has 1 N–H and O–H groups in total. The zero-order valence-corrected chi connectivity index (χ0v) is 13.5. The van der Waals surface area contributed by atoms with E-state index in [9.17, 15) is 9.90 Å². The van der Waals surface area contributed by atoms with Gasteiger partial charge in [0.1, 0.15) is 5.60 Å². The monoisotopic (exact) mass is 282 g/mol. The van der Waals surface area contributed by atoms with Gasteiger partial charge < -0.3 is 9.84 Å². The number of rotatable bonds is 2. The van der Waals surface area contributed by atoms with Gasteiger partial charge in [-0.1, -0.05) is 12.8 Å². The van der Waals surface area contributed by atoms with Gasteiger partial charge in [0, 0.05) is 0 Å². The molecule has 0 heterocycles. The van der Waals surface area contributed by atoms with E-state index in [-0.39, 0.29) is 5.97 Å². The molecule has 3 nitrogen and oxygen atoms in total. The van der Waals surface area contributed by atoms with E-state index in [1.54, 1.807) is 0 Å². The highest BCUT2D eigenvalue weighted by atomic mass is 16.6. The average Bonchev–Trinajstić information content (AvgIpc) is 2.79. The molecule has 0 aromatic heterocycles. The maximum atomic E-state index is 12.2. The summed E-state index contributed by atoms with van der Waals surface area (Å²) in [7, 11) is 0. The van der Waals surface area contributed by atoms with Gasteiger partial charge in [-0.05, 0) is 71.6 Å². The maximum Gasteiger partial charge on any atom is 0.312 e. The van der Waals surface area contributed by atoms with Crippen LogP contribution < -0.4 is 0 Å². The SMILES string of the molecule is CC(C(=O)OC(C)(C)C)C1(O)CCC2(CCCC2)CC1. The van der Waals surface area contributed by atoms with E-state index in [4.69, 9.17) is 4.74 Å². The van der Waals surface area contributed by atoms with Crippen molar-refractivity contribution in [3.63, 3.8) is 0 Å². The average molecular weight is 282 g/mol. The van der Waals surface area contributed by atoms with Crippen molar-refractivity contribution >= 4 is 5.97 Å². The van der Waals surface area contributed by atoms with Crippen molar-refractivity contribution in [2.24, 2.45) is 11.3 Å². The summed E-state index contributed by atoms with van der Waals surface area (Å²) in [4.78, 5) is 12.2. The number of hydrogen-bond acceptors (Lipinski definition) is 3. The summed E-state index contributed by atoms with van der Waals surface area (Å²) in [6.07, 6.45) is 8.90. The lowest BCUT2D eigenvalue weighted by atomic mass is 9.64. The summed E-state index contributed by atoms with van der Waals surface area (Å²) in [5, 5.41) is 10.8. The Bertz CT molecular complexity index is 351. The fraction of sp³-hybridized carbons (Fsp3) is 0.941. The summed E-state index contributed by atoms with van der Waals surface area (Å²) in [5.74, 6) is -0.692. The van der Waals surface area contributed by atoms with E-state index >= 15 is 0 Å². The Morgan fingerprint density at radius 1 is 1.05 bits per heavy atom. The molecule has 116 valence electrons. The number of ether oxygens (including phenoxy) is 1. The number of esters is 1. The summed E-state index contributed by atoms with van der Waals surface area (Å²) >= 11 is 0. The Balaban J connectivity index is 1.96. The van der Waals surface area contributed by atoms with Crippen LogP contribution in [-0.4, -0.2) is 22.3 Å². The smallest absolute Gasteiger partial charge is 0.312 e. The Labute approximate surface area is 123 Å². The predicted octanol–water partition coefficient (Wildman–Crippen LogP) is 3.83. The molecule has 1 atom stereocenters. The fourth-order valence-corrected chi connectivity index (χ4v) is 3.88. The second kappa shape index (κ2) is 5.32. The van der Waals surface area contributed by atoms with Crippen molar-refractivity contribution in [2.75, 3.05) is 0 Å². The third kappa shape index (κ3) is 3.36. The minimum atomic E-state index is -0.865. The van der Waals surface area contributed by atoms with Crippen molar-refractivity contribution in [3.8, 4) is 0 Å². The van der Waals surface area contributed by atoms with Crippen LogP contribution in [0.4, 0.5) is 0 Å². The molecule has 1 unspecified atom stereocenters. The van der Waals surface area contributed by atoms with Crippen LogP contribution in [-0.2, 0) is 9.53 Å². The highest BCUT2D eigenvalue weighted by molar-refractivity contribution is 5.74. The van der Waals surface area contributed by atoms with Crippen molar-refractivity contribution in [3.05, 3.63) is 0 Å². The highest BCUT2D eigenvalue weighted by Gasteiger charge is 2.48. The second-order valence-electron chi connectivity index (χ2n) is 8.07. The summed E-state index contributed by atoms with van der Waals surface area (Å²) in [5.41, 5.74) is -0.876. The molecule has 0 aromatic rings. The number of hydrogen-bond donors (Lipinski definition) is 1. The van der Waals surface area contributed by atoms with Crippen molar-refractivity contribution < 1.29 is 14.6 Å². The number of carbonyl (C=O) groups excluding carboxylic acids is 1. The van der Waals surface area contributed by atoms with E-state index in [0.29, 0.717) is 5.41 Å². The molecule has 20 heavy (non-hydrogen) atoms. The van der Waals surface area contributed by atoms with Gasteiger partial charge in [-0.25, -0.2) is 0 Å². The Hall–Kier alpha value is -0.570. The minimum Gasteiger partial charge on any atom is -0.460 e. The maximum absolute atomic E-state index is 12.2. The van der Waals surface area contributed by atoms with Crippen LogP contribution in [0.25, 0.3) is 0 Å². The lowest BCUT2D eigenvalue weighted by molar-refractivity contribution is -0.173. The van der Waals surface area contributed by atoms with Crippen LogP contribution >= 0.6 is 0 Å². The topological polar surface area (TPSA) is 46.5 Å². The van der Waals surface area contributed by atoms with Gasteiger partial charge in [0.2, 0.25) is 0 Å². The van der Waals surface area contributed by atoms with Gasteiger partial charge in [-0.15, -0.1) is 0 Å². The van der Waals surface area contributed by atoms with Crippen molar-refractivity contribution in [1.29, 1.82) is 0 Å². The van der Waals surface area contributed by atoms with Gasteiger partial charge in [-0.3, -0.25) is 4.79 Å². The third-order valence-corrected chi connectivity index (χ3v) is 5.41. The second-order valence-corrected chi connectivity index (χ2v) is 8.07. The summed E-state index contributed by atoms with van der Waals surface area (Å²) < 4.78 is 5.44. The molecule has 0 aromatic carbocycles. The van der Waals surface area contributed by atoms with Crippen LogP contribution in [0.15, 0.2) is 0 Å². The van der Waals surface area contributed by atoms with E-state index in [1.165, 1.54) is 25.7 Å². The first-order valence-electron chi connectivity index (χ1n) is 8.11. The normalized spacial score (nSPS) is 26.4. The molecule has 0 amide bonds. The quantitative estimate of drug-likeness (QED) is 0.783. The van der Waals surface area contributed by atoms with Crippen LogP contribution in [0.1, 0.15) is 79.1 Å². The Morgan fingerprint density at radius 3 is 2.00 bits per heavy atom. The molecule has 2 rings (SSSR count). The van der Waals surface area contributed by atoms with Crippen LogP contribution in [0.2, 0.25) is 0 Å². The first-order valence-corrected chi connectivity index (χ1v) is 8.11. The molecule has 0 aliphatic heterocycles. The van der Waals surface area contributed by atoms with Gasteiger partial charge in [0.05, 0.1) is 11.5 Å². The Morgan fingerprint density at radius 2 is 1.55 bits per heavy atom. The summed E-state index contributed by atoms with van der Waals surface area (Å²) in [6.45, 7) is 7.43. The number of carbonyl (C=O) groups is 1. The van der Waals surface area contributed by atoms with Gasteiger partial charge in [0.15, 0.2) is 0 Å². The van der Waals surface area contributed by atoms with Crippen LogP contribution in [0.5, 0.6) is 0 Å². The van der Waals surface area contributed by atoms with Gasteiger partial charge in [-0.2, -0.15) is 0 Å². The molecule has 0 bridgehead atoms. The molecule has 3 heteroatoms. The standard InChI is InChI=1S/C17H30O3/c1-13(14(18)20-15(2,3)4)17(19)11-9-16(10-12-17)7-5-6-8-16/h13,19H,5-12H2,1-4H3. The number of aliphatic hydroxyl groups is 1. The van der Waals surface area contributed by atoms with E-state index in [0.717, 1.165) is 25.7 Å². The first kappa shape index (κ1) is 15.8. The molecular formula is C17H30O3. The lowest BCUT2D eigenvalue weighted by Gasteiger charge is -2.44. The zero-order valence-electron chi connectivity index (χ0n) is 13.5. The highest BCUT2D eigenvalue weighted by Crippen LogP contribution is 2.52.